The third-order valence-electron chi connectivity index (χ3n) is 4.19. The van der Waals surface area contributed by atoms with E-state index in [1.165, 1.54) is 16.7 Å². The summed E-state index contributed by atoms with van der Waals surface area (Å²) in [6.45, 7) is 2.22. The van der Waals surface area contributed by atoms with Gasteiger partial charge < -0.3 is 9.32 Å². The van der Waals surface area contributed by atoms with Crippen LogP contribution in [0.5, 0.6) is 0 Å². The van der Waals surface area contributed by atoms with Gasteiger partial charge in [-0.05, 0) is 49.8 Å². The quantitative estimate of drug-likeness (QED) is 0.654. The molecule has 1 heterocycles. The van der Waals surface area contributed by atoms with E-state index < -0.39 is 0 Å². The van der Waals surface area contributed by atoms with Gasteiger partial charge in [-0.3, -0.25) is 0 Å². The second-order valence-electron chi connectivity index (χ2n) is 5.82. The summed E-state index contributed by atoms with van der Waals surface area (Å²) in [6.07, 6.45) is 1.70. The zero-order valence-electron chi connectivity index (χ0n) is 13.3. The highest BCUT2D eigenvalue weighted by molar-refractivity contribution is 5.68. The molecule has 0 saturated carbocycles. The molecule has 2 heteroatoms. The molecule has 3 aromatic rings. The molecule has 0 saturated heterocycles. The SMILES string of the molecule is C[C@H](c1ccc(-c2ccc(-c3ccco3)cc2)cc1)N(C)C. The van der Waals surface area contributed by atoms with E-state index in [1.54, 1.807) is 6.26 Å². The van der Waals surface area contributed by atoms with Gasteiger partial charge in [0.2, 0.25) is 0 Å². The van der Waals surface area contributed by atoms with E-state index in [-0.39, 0.29) is 0 Å². The summed E-state index contributed by atoms with van der Waals surface area (Å²) in [5.74, 6) is 0.904. The second-order valence-corrected chi connectivity index (χ2v) is 5.82. The van der Waals surface area contributed by atoms with Crippen LogP contribution in [0.4, 0.5) is 0 Å². The normalized spacial score (nSPS) is 12.5. The summed E-state index contributed by atoms with van der Waals surface area (Å²) in [7, 11) is 4.21. The van der Waals surface area contributed by atoms with Crippen molar-refractivity contribution in [2.24, 2.45) is 0 Å². The van der Waals surface area contributed by atoms with Gasteiger partial charge in [-0.25, -0.2) is 0 Å². The minimum absolute atomic E-state index is 0.426. The number of benzene rings is 2. The van der Waals surface area contributed by atoms with Crippen molar-refractivity contribution in [3.63, 3.8) is 0 Å². The molecule has 3 rings (SSSR count). The average molecular weight is 291 g/mol. The number of nitrogens with zero attached hydrogens (tertiary/aromatic N) is 1. The van der Waals surface area contributed by atoms with Crippen LogP contribution in [0.2, 0.25) is 0 Å². The fraction of sp³-hybridized carbons (Fsp3) is 0.200. The Morgan fingerprint density at radius 2 is 1.32 bits per heavy atom. The highest BCUT2D eigenvalue weighted by Crippen LogP contribution is 2.26. The zero-order chi connectivity index (χ0) is 15.5. The molecule has 0 aliphatic carbocycles. The Kier molecular flexibility index (Phi) is 4.12. The molecule has 0 radical (unpaired) electrons. The minimum Gasteiger partial charge on any atom is -0.464 e. The molecular formula is C20H21NO. The van der Waals surface area contributed by atoms with Gasteiger partial charge in [0.15, 0.2) is 0 Å². The van der Waals surface area contributed by atoms with Crippen LogP contribution in [0.3, 0.4) is 0 Å². The smallest absolute Gasteiger partial charge is 0.133 e. The second kappa shape index (κ2) is 6.20. The topological polar surface area (TPSA) is 16.4 Å². The third-order valence-corrected chi connectivity index (χ3v) is 4.19. The summed E-state index contributed by atoms with van der Waals surface area (Å²) in [5, 5.41) is 0. The number of hydrogen-bond donors (Lipinski definition) is 0. The van der Waals surface area contributed by atoms with E-state index in [1.807, 2.05) is 12.1 Å². The Bertz CT molecular complexity index is 709. The molecule has 112 valence electrons. The minimum atomic E-state index is 0.426. The van der Waals surface area contributed by atoms with Crippen molar-refractivity contribution in [1.29, 1.82) is 0 Å². The fourth-order valence-corrected chi connectivity index (χ4v) is 2.52. The van der Waals surface area contributed by atoms with Gasteiger partial charge in [0.25, 0.3) is 0 Å². The largest absolute Gasteiger partial charge is 0.464 e. The molecule has 0 aliphatic heterocycles. The van der Waals surface area contributed by atoms with Gasteiger partial charge in [-0.1, -0.05) is 48.5 Å². The highest BCUT2D eigenvalue weighted by Gasteiger charge is 2.08. The molecule has 1 aromatic heterocycles. The third kappa shape index (κ3) is 2.97. The van der Waals surface area contributed by atoms with Gasteiger partial charge in [0.05, 0.1) is 6.26 Å². The first-order chi connectivity index (χ1) is 10.6. The summed E-state index contributed by atoms with van der Waals surface area (Å²) in [6, 6.07) is 21.6. The van der Waals surface area contributed by atoms with Gasteiger partial charge in [-0.15, -0.1) is 0 Å². The first-order valence-electron chi connectivity index (χ1n) is 7.56. The molecule has 1 atom stereocenters. The molecule has 0 bridgehead atoms. The summed E-state index contributed by atoms with van der Waals surface area (Å²) in [5.41, 5.74) is 4.90. The molecule has 0 aliphatic rings. The maximum Gasteiger partial charge on any atom is 0.133 e. The molecule has 2 nitrogen and oxygen atoms in total. The van der Waals surface area contributed by atoms with Crippen LogP contribution in [-0.4, -0.2) is 19.0 Å². The molecule has 22 heavy (non-hydrogen) atoms. The first kappa shape index (κ1) is 14.6. The van der Waals surface area contributed by atoms with E-state index >= 15 is 0 Å². The van der Waals surface area contributed by atoms with Crippen molar-refractivity contribution < 1.29 is 4.42 Å². The molecule has 0 N–H and O–H groups in total. The molecule has 0 unspecified atom stereocenters. The van der Waals surface area contributed by atoms with E-state index in [2.05, 4.69) is 74.4 Å². The van der Waals surface area contributed by atoms with Crippen LogP contribution < -0.4 is 0 Å². The van der Waals surface area contributed by atoms with Gasteiger partial charge >= 0.3 is 0 Å². The Balaban J connectivity index is 1.82. The Labute approximate surface area is 132 Å². The van der Waals surface area contributed by atoms with Crippen LogP contribution in [0.25, 0.3) is 22.5 Å². The average Bonchev–Trinajstić information content (AvgIpc) is 3.09. The summed E-state index contributed by atoms with van der Waals surface area (Å²) in [4.78, 5) is 2.22. The Hall–Kier alpha value is -2.32. The Morgan fingerprint density at radius 1 is 0.773 bits per heavy atom. The van der Waals surface area contributed by atoms with Crippen molar-refractivity contribution in [3.05, 3.63) is 72.5 Å². The fourth-order valence-electron chi connectivity index (χ4n) is 2.52. The Morgan fingerprint density at radius 3 is 1.82 bits per heavy atom. The predicted molar refractivity (Wildman–Crippen MR) is 91.7 cm³/mol. The van der Waals surface area contributed by atoms with E-state index in [9.17, 15) is 0 Å². The summed E-state index contributed by atoms with van der Waals surface area (Å²) >= 11 is 0. The molecule has 0 amide bonds. The van der Waals surface area contributed by atoms with Crippen LogP contribution in [0, 0.1) is 0 Å². The standard InChI is InChI=1S/C20H21NO/c1-15(21(2)3)16-6-8-17(9-7-16)18-10-12-19(13-11-18)20-5-4-14-22-20/h4-15H,1-3H3/t15-/m1/s1. The molecule has 0 fully saturated rings. The van der Waals surface area contributed by atoms with E-state index in [4.69, 9.17) is 4.42 Å². The maximum absolute atomic E-state index is 5.42. The van der Waals surface area contributed by atoms with Gasteiger partial charge in [-0.2, -0.15) is 0 Å². The molecular weight excluding hydrogens is 270 g/mol. The molecule has 2 aromatic carbocycles. The van der Waals surface area contributed by atoms with Crippen molar-refractivity contribution in [2.45, 2.75) is 13.0 Å². The maximum atomic E-state index is 5.42. The number of furan rings is 1. The van der Waals surface area contributed by atoms with Crippen LogP contribution in [-0.2, 0) is 0 Å². The molecule has 0 spiro atoms. The summed E-state index contributed by atoms with van der Waals surface area (Å²) < 4.78 is 5.42. The lowest BCUT2D eigenvalue weighted by molar-refractivity contribution is 0.321. The predicted octanol–water partition coefficient (Wildman–Crippen LogP) is 5.24. The monoisotopic (exact) mass is 291 g/mol. The van der Waals surface area contributed by atoms with Gasteiger partial charge in [0, 0.05) is 11.6 Å². The lowest BCUT2D eigenvalue weighted by Gasteiger charge is -2.20. The van der Waals surface area contributed by atoms with E-state index in [0.717, 1.165) is 11.3 Å². The van der Waals surface area contributed by atoms with Crippen molar-refractivity contribution in [3.8, 4) is 22.5 Å². The zero-order valence-corrected chi connectivity index (χ0v) is 13.3. The lowest BCUT2D eigenvalue weighted by Crippen LogP contribution is -2.16. The highest BCUT2D eigenvalue weighted by atomic mass is 16.3. The van der Waals surface area contributed by atoms with Crippen molar-refractivity contribution >= 4 is 0 Å². The number of hydrogen-bond acceptors (Lipinski definition) is 2. The van der Waals surface area contributed by atoms with Crippen LogP contribution in [0.15, 0.2) is 71.3 Å². The first-order valence-corrected chi connectivity index (χ1v) is 7.56. The van der Waals surface area contributed by atoms with Gasteiger partial charge in [0.1, 0.15) is 5.76 Å². The number of rotatable bonds is 4. The van der Waals surface area contributed by atoms with Crippen LogP contribution >= 0.6 is 0 Å². The van der Waals surface area contributed by atoms with Crippen LogP contribution in [0.1, 0.15) is 18.5 Å². The van der Waals surface area contributed by atoms with Crippen molar-refractivity contribution in [1.82, 2.24) is 4.90 Å². The van der Waals surface area contributed by atoms with E-state index in [0.29, 0.717) is 6.04 Å². The van der Waals surface area contributed by atoms with Crippen molar-refractivity contribution in [2.75, 3.05) is 14.1 Å². The lowest BCUT2D eigenvalue weighted by atomic mass is 10.00.